The number of hydrogen-bond acceptors (Lipinski definition) is 5. The molecular weight excluding hydrogens is 184 g/mol. The predicted molar refractivity (Wildman–Crippen MR) is 53.0 cm³/mol. The third kappa shape index (κ3) is 2.26. The van der Waals surface area contributed by atoms with Crippen molar-refractivity contribution in [2.45, 2.75) is 13.8 Å². The molecule has 0 atom stereocenters. The number of rotatable bonds is 3. The van der Waals surface area contributed by atoms with Crippen LogP contribution in [0, 0.1) is 5.92 Å². The van der Waals surface area contributed by atoms with Gasteiger partial charge in [0.2, 0.25) is 5.75 Å². The second-order valence-corrected chi connectivity index (χ2v) is 3.52. The summed E-state index contributed by atoms with van der Waals surface area (Å²) in [7, 11) is 0. The third-order valence-corrected chi connectivity index (χ3v) is 1.70. The highest BCUT2D eigenvalue weighted by Gasteiger charge is 2.11. The Balaban J connectivity index is 2.96. The van der Waals surface area contributed by atoms with Crippen LogP contribution in [-0.2, 0) is 0 Å². The molecule has 1 rings (SSSR count). The minimum atomic E-state index is -0.514. The minimum Gasteiger partial charge on any atom is -0.502 e. The van der Waals surface area contributed by atoms with Crippen molar-refractivity contribution in [2.75, 3.05) is 11.6 Å². The Morgan fingerprint density at radius 2 is 2.21 bits per heavy atom. The molecule has 3 N–H and O–H groups in total. The van der Waals surface area contributed by atoms with Crippen molar-refractivity contribution in [1.29, 1.82) is 0 Å². The van der Waals surface area contributed by atoms with Crippen molar-refractivity contribution < 1.29 is 9.52 Å². The zero-order chi connectivity index (χ0) is 10.7. The summed E-state index contributed by atoms with van der Waals surface area (Å²) in [6.45, 7) is 4.47. The molecule has 5 heteroatoms. The van der Waals surface area contributed by atoms with E-state index in [1.165, 1.54) is 11.3 Å². The molecule has 0 aliphatic heterocycles. The first-order valence-electron chi connectivity index (χ1n) is 4.34. The number of nitrogens with zero attached hydrogens (tertiary/aromatic N) is 1. The molecule has 0 bridgehead atoms. The summed E-state index contributed by atoms with van der Waals surface area (Å²) < 4.78 is 4.75. The molecule has 0 aromatic carbocycles. The molecule has 1 aromatic heterocycles. The molecule has 78 valence electrons. The molecule has 14 heavy (non-hydrogen) atoms. The predicted octanol–water partition coefficient (Wildman–Crippen LogP) is 0.681. The number of hydrazine groups is 1. The average molecular weight is 198 g/mol. The first-order chi connectivity index (χ1) is 6.52. The first-order valence-corrected chi connectivity index (χ1v) is 4.34. The maximum Gasteiger partial charge on any atom is 0.251 e. The van der Waals surface area contributed by atoms with Gasteiger partial charge in [0.05, 0.1) is 0 Å². The van der Waals surface area contributed by atoms with Crippen LogP contribution in [0.5, 0.6) is 5.75 Å². The molecule has 0 radical (unpaired) electrons. The lowest BCUT2D eigenvalue weighted by molar-refractivity contribution is 0.428. The average Bonchev–Trinajstić information content (AvgIpc) is 2.08. The Labute approximate surface area is 81.7 Å². The Bertz CT molecular complexity index is 359. The van der Waals surface area contributed by atoms with Gasteiger partial charge in [-0.3, -0.25) is 4.79 Å². The van der Waals surface area contributed by atoms with Crippen LogP contribution < -0.4 is 16.3 Å². The highest BCUT2D eigenvalue weighted by Crippen LogP contribution is 2.10. The van der Waals surface area contributed by atoms with Crippen LogP contribution in [0.3, 0.4) is 0 Å². The standard InChI is InChI=1S/C9H14N2O3/c1-6(2)3-11(10)7-4-14-5-8(12)9(7)13/h4-6,12H,3,10H2,1-2H3. The molecule has 0 unspecified atom stereocenters. The Morgan fingerprint density at radius 1 is 1.57 bits per heavy atom. The zero-order valence-corrected chi connectivity index (χ0v) is 8.23. The van der Waals surface area contributed by atoms with E-state index in [2.05, 4.69) is 0 Å². The number of aromatic hydroxyl groups is 1. The second-order valence-electron chi connectivity index (χ2n) is 3.52. The summed E-state index contributed by atoms with van der Waals surface area (Å²) in [6.07, 6.45) is 2.21. The normalized spacial score (nSPS) is 10.6. The zero-order valence-electron chi connectivity index (χ0n) is 8.23. The fraction of sp³-hybridized carbons (Fsp3) is 0.444. The van der Waals surface area contributed by atoms with Gasteiger partial charge in [0.15, 0.2) is 0 Å². The van der Waals surface area contributed by atoms with Crippen LogP contribution in [0.15, 0.2) is 21.7 Å². The largest absolute Gasteiger partial charge is 0.502 e. The lowest BCUT2D eigenvalue weighted by Crippen LogP contribution is -2.37. The van der Waals surface area contributed by atoms with Gasteiger partial charge >= 0.3 is 0 Å². The van der Waals surface area contributed by atoms with E-state index >= 15 is 0 Å². The number of nitrogens with two attached hydrogens (primary N) is 1. The van der Waals surface area contributed by atoms with Crippen molar-refractivity contribution in [1.82, 2.24) is 0 Å². The summed E-state index contributed by atoms with van der Waals surface area (Å²) in [5.74, 6) is 5.52. The lowest BCUT2D eigenvalue weighted by atomic mass is 10.2. The van der Waals surface area contributed by atoms with Gasteiger partial charge in [-0.15, -0.1) is 0 Å². The molecule has 0 fully saturated rings. The van der Waals surface area contributed by atoms with E-state index in [9.17, 15) is 4.79 Å². The van der Waals surface area contributed by atoms with Crippen LogP contribution in [0.2, 0.25) is 0 Å². The van der Waals surface area contributed by atoms with Gasteiger partial charge in [0, 0.05) is 6.54 Å². The summed E-state index contributed by atoms with van der Waals surface area (Å²) >= 11 is 0. The van der Waals surface area contributed by atoms with Gasteiger partial charge < -0.3 is 14.5 Å². The summed E-state index contributed by atoms with van der Waals surface area (Å²) in [6, 6.07) is 0. The molecule has 0 saturated carbocycles. The smallest absolute Gasteiger partial charge is 0.251 e. The Hall–Kier alpha value is -1.49. The van der Waals surface area contributed by atoms with Crippen LogP contribution in [-0.4, -0.2) is 11.7 Å². The highest BCUT2D eigenvalue weighted by atomic mass is 16.3. The van der Waals surface area contributed by atoms with E-state index in [1.807, 2.05) is 13.8 Å². The monoisotopic (exact) mass is 198 g/mol. The van der Waals surface area contributed by atoms with Crippen molar-refractivity contribution in [2.24, 2.45) is 11.8 Å². The van der Waals surface area contributed by atoms with E-state index in [4.69, 9.17) is 15.4 Å². The number of hydrogen-bond donors (Lipinski definition) is 2. The fourth-order valence-electron chi connectivity index (χ4n) is 1.09. The lowest BCUT2D eigenvalue weighted by Gasteiger charge is -2.19. The topological polar surface area (TPSA) is 79.7 Å². The highest BCUT2D eigenvalue weighted by molar-refractivity contribution is 5.44. The minimum absolute atomic E-state index is 0.165. The van der Waals surface area contributed by atoms with E-state index < -0.39 is 11.2 Å². The molecule has 5 nitrogen and oxygen atoms in total. The van der Waals surface area contributed by atoms with Crippen LogP contribution in [0.25, 0.3) is 0 Å². The quantitative estimate of drug-likeness (QED) is 0.551. The Morgan fingerprint density at radius 3 is 2.79 bits per heavy atom. The summed E-state index contributed by atoms with van der Waals surface area (Å²) in [4.78, 5) is 11.4. The van der Waals surface area contributed by atoms with Crippen molar-refractivity contribution in [3.05, 3.63) is 22.7 Å². The van der Waals surface area contributed by atoms with E-state index in [-0.39, 0.29) is 5.69 Å². The SMILES string of the molecule is CC(C)CN(N)c1cocc(O)c1=O. The molecule has 1 heterocycles. The Kier molecular flexibility index (Phi) is 3.14. The first kappa shape index (κ1) is 10.6. The molecule has 0 saturated heterocycles. The van der Waals surface area contributed by atoms with Gasteiger partial charge in [0.1, 0.15) is 18.2 Å². The summed E-state index contributed by atoms with van der Waals surface area (Å²) in [5.41, 5.74) is -0.349. The molecule has 1 aromatic rings. The van der Waals surface area contributed by atoms with Gasteiger partial charge in [-0.25, -0.2) is 5.84 Å². The van der Waals surface area contributed by atoms with E-state index in [0.29, 0.717) is 12.5 Å². The van der Waals surface area contributed by atoms with Crippen LogP contribution in [0.1, 0.15) is 13.8 Å². The fourth-order valence-corrected chi connectivity index (χ4v) is 1.09. The van der Waals surface area contributed by atoms with Gasteiger partial charge in [-0.2, -0.15) is 0 Å². The molecular formula is C9H14N2O3. The third-order valence-electron chi connectivity index (χ3n) is 1.70. The molecule has 0 aliphatic carbocycles. The molecule has 0 amide bonds. The maximum atomic E-state index is 11.4. The van der Waals surface area contributed by atoms with Gasteiger partial charge in [0.25, 0.3) is 5.43 Å². The van der Waals surface area contributed by atoms with Crippen molar-refractivity contribution in [3.63, 3.8) is 0 Å². The second kappa shape index (κ2) is 4.15. The summed E-state index contributed by atoms with van der Waals surface area (Å²) in [5, 5.41) is 10.4. The van der Waals surface area contributed by atoms with Crippen molar-refractivity contribution >= 4 is 5.69 Å². The van der Waals surface area contributed by atoms with E-state index in [1.54, 1.807) is 0 Å². The van der Waals surface area contributed by atoms with Crippen LogP contribution in [0.4, 0.5) is 5.69 Å². The van der Waals surface area contributed by atoms with Crippen LogP contribution >= 0.6 is 0 Å². The van der Waals surface area contributed by atoms with Gasteiger partial charge in [-0.1, -0.05) is 13.8 Å². The van der Waals surface area contributed by atoms with E-state index in [0.717, 1.165) is 6.26 Å². The van der Waals surface area contributed by atoms with Gasteiger partial charge in [-0.05, 0) is 5.92 Å². The maximum absolute atomic E-state index is 11.4. The molecule has 0 aliphatic rings. The molecule has 0 spiro atoms. The number of anilines is 1. The van der Waals surface area contributed by atoms with Crippen molar-refractivity contribution in [3.8, 4) is 5.75 Å².